The van der Waals surface area contributed by atoms with E-state index in [1.807, 2.05) is 80.6 Å². The van der Waals surface area contributed by atoms with Gasteiger partial charge in [-0.1, -0.05) is 50.2 Å². The number of methoxy groups -OCH3 is 5. The summed E-state index contributed by atoms with van der Waals surface area (Å²) in [6.07, 6.45) is 4.12. The molecule has 19 heteroatoms. The maximum atomic E-state index is 13.1. The predicted molar refractivity (Wildman–Crippen MR) is 270 cm³/mol. The summed E-state index contributed by atoms with van der Waals surface area (Å²) < 4.78 is 29.6. The number of aromatic hydroxyl groups is 1. The third kappa shape index (κ3) is 13.1. The molecule has 0 spiro atoms. The van der Waals surface area contributed by atoms with Gasteiger partial charge < -0.3 is 39.4 Å². The maximum absolute atomic E-state index is 13.1. The van der Waals surface area contributed by atoms with Crippen LogP contribution in [-0.4, -0.2) is 112 Å². The molecular weight excluding hydrogens is 921 g/mol. The Kier molecular flexibility index (Phi) is 18.5. The van der Waals surface area contributed by atoms with Gasteiger partial charge >= 0.3 is 0 Å². The number of rotatable bonds is 18. The van der Waals surface area contributed by atoms with Gasteiger partial charge in [-0.25, -0.2) is 9.36 Å². The van der Waals surface area contributed by atoms with Crippen molar-refractivity contribution in [3.63, 3.8) is 0 Å². The number of benzene rings is 6. The van der Waals surface area contributed by atoms with Crippen LogP contribution in [0.1, 0.15) is 63.0 Å². The molecule has 8 aromatic rings. The number of ketones is 1. The van der Waals surface area contributed by atoms with Crippen LogP contribution < -0.4 is 34.3 Å². The standard InChI is InChI=1S/C26H25N5O4.C25H25N5O5.C2H6/c1-17(32)22-6-4-5-7-23(22)19-13-20(15-21(14-19)31-16-28-29-30-31)26(33)27-11-10-18-8-9-24(34-2)25(12-18)35-3;1-33-22-7-4-16(10-24(22)35-3)8-9-26-25(32)18-11-17(12-19(13-18)30-15-27-28-29-30)21-6-5-20(31)14-23(21)34-2;1-2/h4-9,12-16H,10-11H2,1-3H3,(H,27,33);4-7,10-15,31H,8-9H2,1-3H3,(H,26,32);1-2H3. The molecule has 0 bridgehead atoms. The fourth-order valence-corrected chi connectivity index (χ4v) is 7.50. The fraction of sp³-hybridized carbons (Fsp3) is 0.226. The van der Waals surface area contributed by atoms with Crippen LogP contribution >= 0.6 is 0 Å². The molecule has 2 amide bonds. The van der Waals surface area contributed by atoms with Gasteiger partial charge in [-0.15, -0.1) is 10.2 Å². The lowest BCUT2D eigenvalue weighted by atomic mass is 9.95. The van der Waals surface area contributed by atoms with E-state index in [1.54, 1.807) is 70.9 Å². The minimum atomic E-state index is -0.251. The van der Waals surface area contributed by atoms with Crippen molar-refractivity contribution in [3.8, 4) is 68.1 Å². The number of phenols is 1. The highest BCUT2D eigenvalue weighted by Crippen LogP contribution is 2.35. The first-order valence-corrected chi connectivity index (χ1v) is 22.7. The lowest BCUT2D eigenvalue weighted by Gasteiger charge is -2.13. The Bertz CT molecular complexity index is 3090. The Morgan fingerprint density at radius 3 is 1.44 bits per heavy atom. The average molecular weight is 977 g/mol. The number of tetrazole rings is 2. The molecule has 0 aliphatic carbocycles. The van der Waals surface area contributed by atoms with E-state index in [-0.39, 0.29) is 23.3 Å². The van der Waals surface area contributed by atoms with E-state index < -0.39 is 0 Å². The van der Waals surface area contributed by atoms with Crippen molar-refractivity contribution < 1.29 is 43.2 Å². The number of carbonyl (C=O) groups is 3. The molecule has 0 saturated heterocycles. The Morgan fingerprint density at radius 1 is 0.528 bits per heavy atom. The van der Waals surface area contributed by atoms with Crippen LogP contribution in [0.15, 0.2) is 128 Å². The van der Waals surface area contributed by atoms with E-state index in [1.165, 1.54) is 42.1 Å². The van der Waals surface area contributed by atoms with E-state index in [0.29, 0.717) is 99.4 Å². The number of carbonyl (C=O) groups excluding carboxylic acids is 3. The summed E-state index contributed by atoms with van der Waals surface area (Å²) in [6.45, 7) is 6.36. The first kappa shape index (κ1) is 52.2. The Labute approximate surface area is 416 Å². The third-order valence-electron chi connectivity index (χ3n) is 11.0. The molecule has 72 heavy (non-hydrogen) atoms. The van der Waals surface area contributed by atoms with Crippen LogP contribution in [0.2, 0.25) is 0 Å². The Morgan fingerprint density at radius 2 is 1.00 bits per heavy atom. The zero-order valence-electron chi connectivity index (χ0n) is 41.2. The van der Waals surface area contributed by atoms with Gasteiger partial charge in [-0.3, -0.25) is 14.4 Å². The molecule has 0 fully saturated rings. The van der Waals surface area contributed by atoms with Crippen molar-refractivity contribution in [2.45, 2.75) is 33.6 Å². The molecule has 0 radical (unpaired) electrons. The molecule has 2 aromatic heterocycles. The largest absolute Gasteiger partial charge is 0.508 e. The van der Waals surface area contributed by atoms with Crippen LogP contribution in [0.3, 0.4) is 0 Å². The topological polar surface area (TPSA) is 229 Å². The smallest absolute Gasteiger partial charge is 0.251 e. The molecular formula is C53H56N10O9. The summed E-state index contributed by atoms with van der Waals surface area (Å²) in [5.41, 5.74) is 7.50. The molecule has 8 rings (SSSR count). The number of Topliss-reactive ketones (excluding diaryl/α,β-unsaturated/α-hetero) is 1. The number of amides is 2. The zero-order valence-corrected chi connectivity index (χ0v) is 41.2. The van der Waals surface area contributed by atoms with Crippen LogP contribution in [0.25, 0.3) is 33.6 Å². The Balaban J connectivity index is 0.000000228. The van der Waals surface area contributed by atoms with Crippen molar-refractivity contribution in [1.82, 2.24) is 51.0 Å². The van der Waals surface area contributed by atoms with Gasteiger partial charge in [0.25, 0.3) is 11.8 Å². The highest BCUT2D eigenvalue weighted by atomic mass is 16.5. The first-order chi connectivity index (χ1) is 35.0. The minimum absolute atomic E-state index is 0.0608. The highest BCUT2D eigenvalue weighted by molar-refractivity contribution is 6.02. The van der Waals surface area contributed by atoms with Gasteiger partial charge in [-0.05, 0) is 141 Å². The number of hydrogen-bond donors (Lipinski definition) is 3. The predicted octanol–water partition coefficient (Wildman–Crippen LogP) is 7.58. The number of nitrogens with zero attached hydrogens (tertiary/aromatic N) is 8. The third-order valence-corrected chi connectivity index (χ3v) is 11.0. The monoisotopic (exact) mass is 976 g/mol. The zero-order chi connectivity index (χ0) is 51.6. The van der Waals surface area contributed by atoms with Crippen molar-refractivity contribution in [3.05, 3.63) is 156 Å². The van der Waals surface area contributed by atoms with Crippen molar-refractivity contribution in [1.29, 1.82) is 0 Å². The van der Waals surface area contributed by atoms with Gasteiger partial charge in [0.05, 0.1) is 46.9 Å². The number of hydrogen-bond acceptors (Lipinski definition) is 15. The molecule has 0 atom stereocenters. The van der Waals surface area contributed by atoms with Gasteiger partial charge in [0.1, 0.15) is 24.2 Å². The summed E-state index contributed by atoms with van der Waals surface area (Å²) in [6, 6.07) is 34.0. The lowest BCUT2D eigenvalue weighted by molar-refractivity contribution is 0.0946. The SMILES string of the molecule is CC.COc1ccc(CCNC(=O)c2cc(-c3ccc(O)cc3OC)cc(-n3cnnn3)c2)cc1OC.COc1ccc(CCNC(=O)c2cc(-c3ccccc3C(C)=O)cc(-n3cnnn3)c2)cc1OC. The minimum Gasteiger partial charge on any atom is -0.508 e. The summed E-state index contributed by atoms with van der Waals surface area (Å²) in [5, 5.41) is 38.4. The molecule has 0 aliphatic heterocycles. The van der Waals surface area contributed by atoms with Crippen LogP contribution in [0.5, 0.6) is 34.5 Å². The number of nitrogens with one attached hydrogen (secondary N) is 2. The van der Waals surface area contributed by atoms with E-state index in [9.17, 15) is 19.5 Å². The summed E-state index contributed by atoms with van der Waals surface area (Å²) in [4.78, 5) is 38.4. The molecule has 19 nitrogen and oxygen atoms in total. The summed E-state index contributed by atoms with van der Waals surface area (Å²) >= 11 is 0. The normalized spacial score (nSPS) is 10.4. The van der Waals surface area contributed by atoms with E-state index in [2.05, 4.69) is 41.7 Å². The molecule has 0 unspecified atom stereocenters. The molecule has 2 heterocycles. The molecule has 372 valence electrons. The molecule has 0 aliphatic rings. The van der Waals surface area contributed by atoms with Crippen LogP contribution in [0.4, 0.5) is 0 Å². The number of aromatic nitrogens is 8. The first-order valence-electron chi connectivity index (χ1n) is 22.7. The van der Waals surface area contributed by atoms with Crippen molar-refractivity contribution >= 4 is 17.6 Å². The summed E-state index contributed by atoms with van der Waals surface area (Å²) in [5.74, 6) is 2.57. The fourth-order valence-electron chi connectivity index (χ4n) is 7.50. The van der Waals surface area contributed by atoms with Crippen molar-refractivity contribution in [2.75, 3.05) is 48.6 Å². The average Bonchev–Trinajstić information content (AvgIpc) is 4.18. The van der Waals surface area contributed by atoms with Gasteiger partial charge in [0.2, 0.25) is 0 Å². The van der Waals surface area contributed by atoms with Crippen LogP contribution in [-0.2, 0) is 12.8 Å². The molecule has 6 aromatic carbocycles. The van der Waals surface area contributed by atoms with Gasteiger partial charge in [0.15, 0.2) is 28.8 Å². The second-order valence-electron chi connectivity index (χ2n) is 15.4. The number of phenolic OH excluding ortho intramolecular Hbond substituents is 1. The summed E-state index contributed by atoms with van der Waals surface area (Å²) in [7, 11) is 7.86. The van der Waals surface area contributed by atoms with E-state index in [0.717, 1.165) is 16.7 Å². The molecule has 3 N–H and O–H groups in total. The maximum Gasteiger partial charge on any atom is 0.251 e. The quantitative estimate of drug-likeness (QED) is 0.0704. The van der Waals surface area contributed by atoms with Gasteiger partial charge in [-0.2, -0.15) is 0 Å². The number of ether oxygens (including phenoxy) is 5. The van der Waals surface area contributed by atoms with E-state index >= 15 is 0 Å². The van der Waals surface area contributed by atoms with E-state index in [4.69, 9.17) is 23.7 Å². The Hall–Kier alpha value is -9.13. The van der Waals surface area contributed by atoms with Crippen LogP contribution in [0, 0.1) is 0 Å². The van der Waals surface area contributed by atoms with Crippen molar-refractivity contribution in [2.24, 2.45) is 0 Å². The van der Waals surface area contributed by atoms with Gasteiger partial charge in [0, 0.05) is 41.4 Å². The lowest BCUT2D eigenvalue weighted by Crippen LogP contribution is -2.26. The highest BCUT2D eigenvalue weighted by Gasteiger charge is 2.17. The second-order valence-corrected chi connectivity index (χ2v) is 15.4. The second kappa shape index (κ2) is 25.5. The molecule has 0 saturated carbocycles.